The van der Waals surface area contributed by atoms with Gasteiger partial charge in [-0.25, -0.2) is 0 Å². The Morgan fingerprint density at radius 3 is 2.45 bits per heavy atom. The van der Waals surface area contributed by atoms with Crippen LogP contribution >= 0.6 is 0 Å². The highest BCUT2D eigenvalue weighted by Crippen LogP contribution is 2.67. The highest BCUT2D eigenvalue weighted by atomic mass is 16.5. The van der Waals surface area contributed by atoms with Crippen LogP contribution in [-0.2, 0) is 16.0 Å². The van der Waals surface area contributed by atoms with E-state index in [2.05, 4.69) is 47.6 Å². The number of hydrogen-bond donors (Lipinski definition) is 0. The van der Waals surface area contributed by atoms with Crippen molar-refractivity contribution < 1.29 is 9.53 Å². The molecule has 0 spiro atoms. The van der Waals surface area contributed by atoms with Crippen LogP contribution < -0.4 is 0 Å². The number of carbonyl (C=O) groups excluding carboxylic acids is 1. The van der Waals surface area contributed by atoms with Gasteiger partial charge in [-0.3, -0.25) is 4.79 Å². The highest BCUT2D eigenvalue weighted by Gasteiger charge is 2.59. The molecule has 9 atom stereocenters. The largest absolute Gasteiger partial charge is 0.462 e. The summed E-state index contributed by atoms with van der Waals surface area (Å²) in [5.74, 6) is 5.99. The van der Waals surface area contributed by atoms with Crippen molar-refractivity contribution >= 4 is 5.97 Å². The van der Waals surface area contributed by atoms with Gasteiger partial charge >= 0.3 is 5.97 Å². The number of benzene rings is 1. The van der Waals surface area contributed by atoms with Crippen LogP contribution in [0.2, 0.25) is 0 Å². The monoisotopic (exact) mass is 546 g/mol. The van der Waals surface area contributed by atoms with E-state index in [9.17, 15) is 4.79 Å². The Labute approximate surface area is 246 Å². The molecule has 0 bridgehead atoms. The molecule has 0 amide bonds. The number of allylic oxidation sites excluding steroid dienone is 1. The molecule has 222 valence electrons. The van der Waals surface area contributed by atoms with Gasteiger partial charge in [-0.15, -0.1) is 0 Å². The van der Waals surface area contributed by atoms with Crippen molar-refractivity contribution in [3.63, 3.8) is 0 Å². The van der Waals surface area contributed by atoms with E-state index in [1.54, 1.807) is 5.57 Å². The Kier molecular flexibility index (Phi) is 9.23. The lowest BCUT2D eigenvalue weighted by Crippen LogP contribution is -2.51. The molecule has 40 heavy (non-hydrogen) atoms. The van der Waals surface area contributed by atoms with Crippen LogP contribution in [0.1, 0.15) is 124 Å². The smallest absolute Gasteiger partial charge is 0.310 e. The lowest BCUT2D eigenvalue weighted by Gasteiger charge is -2.58. The van der Waals surface area contributed by atoms with Gasteiger partial charge in [0.15, 0.2) is 0 Å². The van der Waals surface area contributed by atoms with Gasteiger partial charge in [0.2, 0.25) is 0 Å². The molecule has 5 rings (SSSR count). The summed E-state index contributed by atoms with van der Waals surface area (Å²) < 4.78 is 6.04. The molecule has 0 radical (unpaired) electrons. The summed E-state index contributed by atoms with van der Waals surface area (Å²) in [7, 11) is 0. The Morgan fingerprint density at radius 1 is 0.950 bits per heavy atom. The minimum atomic E-state index is -0.0666. The van der Waals surface area contributed by atoms with Crippen molar-refractivity contribution in [2.24, 2.45) is 52.3 Å². The average molecular weight is 547 g/mol. The third-order valence-electron chi connectivity index (χ3n) is 12.9. The topological polar surface area (TPSA) is 26.3 Å². The number of rotatable bonds is 10. The zero-order valence-corrected chi connectivity index (χ0v) is 26.6. The average Bonchev–Trinajstić information content (AvgIpc) is 3.28. The summed E-state index contributed by atoms with van der Waals surface area (Å²) in [6.07, 6.45) is 18.8. The van der Waals surface area contributed by atoms with Crippen molar-refractivity contribution in [2.45, 2.75) is 131 Å². The second kappa shape index (κ2) is 12.3. The quantitative estimate of drug-likeness (QED) is 0.215. The Bertz CT molecular complexity index is 1030. The van der Waals surface area contributed by atoms with Crippen LogP contribution in [0.25, 0.3) is 0 Å². The van der Waals surface area contributed by atoms with Crippen molar-refractivity contribution in [1.82, 2.24) is 0 Å². The predicted octanol–water partition coefficient (Wildman–Crippen LogP) is 10.2. The zero-order valence-electron chi connectivity index (χ0n) is 26.6. The van der Waals surface area contributed by atoms with Crippen LogP contribution in [-0.4, -0.2) is 12.1 Å². The van der Waals surface area contributed by atoms with Crippen LogP contribution in [0.4, 0.5) is 0 Å². The predicted molar refractivity (Wildman–Crippen MR) is 167 cm³/mol. The summed E-state index contributed by atoms with van der Waals surface area (Å²) in [5.41, 5.74) is 3.49. The zero-order chi connectivity index (χ0) is 28.5. The van der Waals surface area contributed by atoms with E-state index in [1.807, 2.05) is 30.3 Å². The van der Waals surface area contributed by atoms with E-state index in [4.69, 9.17) is 4.74 Å². The maximum atomic E-state index is 12.7. The van der Waals surface area contributed by atoms with Crippen molar-refractivity contribution in [2.75, 3.05) is 0 Å². The van der Waals surface area contributed by atoms with Crippen molar-refractivity contribution in [1.29, 1.82) is 0 Å². The molecule has 0 heterocycles. The van der Waals surface area contributed by atoms with Gasteiger partial charge in [0, 0.05) is 6.42 Å². The molecule has 2 nitrogen and oxygen atoms in total. The maximum Gasteiger partial charge on any atom is 0.310 e. The lowest BCUT2D eigenvalue weighted by atomic mass is 9.47. The number of fused-ring (bicyclic) bond motifs is 5. The molecule has 0 aromatic heterocycles. The molecule has 0 unspecified atom stereocenters. The molecular formula is C38H58O2. The second-order valence-corrected chi connectivity index (χ2v) is 15.4. The fourth-order valence-electron chi connectivity index (χ4n) is 10.6. The fraction of sp³-hybridized carbons (Fsp3) is 0.763. The van der Waals surface area contributed by atoms with Crippen LogP contribution in [0.3, 0.4) is 0 Å². The number of hydrogen-bond acceptors (Lipinski definition) is 2. The van der Waals surface area contributed by atoms with E-state index >= 15 is 0 Å². The lowest BCUT2D eigenvalue weighted by molar-refractivity contribution is -0.150. The Hall–Kier alpha value is -1.57. The van der Waals surface area contributed by atoms with E-state index in [0.717, 1.165) is 59.8 Å². The molecule has 4 aliphatic carbocycles. The number of ether oxygens (including phenoxy) is 1. The van der Waals surface area contributed by atoms with Gasteiger partial charge in [0.05, 0.1) is 6.42 Å². The molecule has 1 aromatic rings. The molecule has 4 aliphatic rings. The van der Waals surface area contributed by atoms with Crippen molar-refractivity contribution in [3.05, 3.63) is 47.5 Å². The fourth-order valence-corrected chi connectivity index (χ4v) is 10.6. The maximum absolute atomic E-state index is 12.7. The summed E-state index contributed by atoms with van der Waals surface area (Å²) in [6.45, 7) is 15.1. The van der Waals surface area contributed by atoms with Crippen molar-refractivity contribution in [3.8, 4) is 0 Å². The first-order chi connectivity index (χ1) is 19.2. The SMILES string of the molecule is CCC[C@H](CC[C@@H](C)[C@@H]1CC[C@@H]2[C@@H]3CC=C4C[C@H](OC(=O)Cc5ccccc5)CC[C@]4(C)[C@@H]3CC[C@@]21C)C(C)C. The summed E-state index contributed by atoms with van der Waals surface area (Å²) in [6, 6.07) is 10.0. The van der Waals surface area contributed by atoms with Gasteiger partial charge in [-0.2, -0.15) is 0 Å². The van der Waals surface area contributed by atoms with E-state index in [1.165, 1.54) is 64.2 Å². The van der Waals surface area contributed by atoms with Crippen LogP contribution in [0, 0.1) is 52.3 Å². The van der Waals surface area contributed by atoms with Crippen LogP contribution in [0.15, 0.2) is 42.0 Å². The normalized spacial score (nSPS) is 36.7. The highest BCUT2D eigenvalue weighted by molar-refractivity contribution is 5.72. The van der Waals surface area contributed by atoms with E-state index < -0.39 is 0 Å². The number of carbonyl (C=O) groups is 1. The van der Waals surface area contributed by atoms with Gasteiger partial charge in [0.1, 0.15) is 6.10 Å². The second-order valence-electron chi connectivity index (χ2n) is 15.4. The Morgan fingerprint density at radius 2 is 1.73 bits per heavy atom. The van der Waals surface area contributed by atoms with Gasteiger partial charge in [-0.05, 0) is 109 Å². The van der Waals surface area contributed by atoms with Crippen LogP contribution in [0.5, 0.6) is 0 Å². The first-order valence-electron chi connectivity index (χ1n) is 17.1. The van der Waals surface area contributed by atoms with Gasteiger partial charge in [-0.1, -0.05) is 103 Å². The molecule has 3 saturated carbocycles. The number of esters is 1. The molecule has 2 heteroatoms. The first-order valence-corrected chi connectivity index (χ1v) is 17.1. The summed E-state index contributed by atoms with van der Waals surface area (Å²) in [4.78, 5) is 12.7. The van der Waals surface area contributed by atoms with Gasteiger partial charge < -0.3 is 4.74 Å². The Balaban J connectivity index is 1.21. The molecular weight excluding hydrogens is 488 g/mol. The third-order valence-corrected chi connectivity index (χ3v) is 12.9. The molecule has 3 fully saturated rings. The van der Waals surface area contributed by atoms with E-state index in [0.29, 0.717) is 17.3 Å². The first kappa shape index (κ1) is 29.9. The van der Waals surface area contributed by atoms with Gasteiger partial charge in [0.25, 0.3) is 0 Å². The summed E-state index contributed by atoms with van der Waals surface area (Å²) >= 11 is 0. The molecule has 1 aromatic carbocycles. The minimum absolute atomic E-state index is 0.0556. The molecule has 0 aliphatic heterocycles. The third kappa shape index (κ3) is 5.85. The standard InChI is InChI=1S/C38H58O2/c1-7-11-29(26(2)3)15-14-27(4)33-18-19-34-32-17-16-30-25-31(40-36(39)24-28-12-9-8-10-13-28)20-22-37(30,5)35(32)21-23-38(33,34)6/h8-10,12-13,16,26-27,29,31-35H,7,11,14-15,17-25H2,1-6H3/t27-,29-,31-,32+,33+,34-,35-,37+,38-/m1/s1. The minimum Gasteiger partial charge on any atom is -0.462 e. The summed E-state index contributed by atoms with van der Waals surface area (Å²) in [5, 5.41) is 0. The molecule has 0 saturated heterocycles. The molecule has 0 N–H and O–H groups in total. The van der Waals surface area contributed by atoms with E-state index in [-0.39, 0.29) is 12.1 Å².